The summed E-state index contributed by atoms with van der Waals surface area (Å²) in [6.07, 6.45) is 1.96. The van der Waals surface area contributed by atoms with Gasteiger partial charge in [0.15, 0.2) is 6.33 Å². The highest BCUT2D eigenvalue weighted by Crippen LogP contribution is 2.04. The molecular formula is C8H17N6O2+. The Hall–Kier alpha value is -1.67. The molecule has 1 aromatic rings. The van der Waals surface area contributed by atoms with Crippen molar-refractivity contribution in [3.8, 4) is 0 Å². The van der Waals surface area contributed by atoms with Crippen molar-refractivity contribution in [3.05, 3.63) is 6.33 Å². The van der Waals surface area contributed by atoms with Gasteiger partial charge in [-0.2, -0.15) is 4.68 Å². The molecule has 8 heteroatoms. The lowest BCUT2D eigenvalue weighted by Crippen LogP contribution is -2.41. The molecule has 0 aliphatic rings. The van der Waals surface area contributed by atoms with Gasteiger partial charge in [-0.05, 0) is 11.4 Å². The van der Waals surface area contributed by atoms with Crippen molar-refractivity contribution in [1.82, 2.24) is 10.1 Å². The molecule has 0 amide bonds. The maximum absolute atomic E-state index is 9.08. The summed E-state index contributed by atoms with van der Waals surface area (Å²) in [6.45, 7) is 0.467. The lowest BCUT2D eigenvalue weighted by atomic mass is 10.1. The van der Waals surface area contributed by atoms with Crippen LogP contribution in [0.5, 0.6) is 0 Å². The molecule has 0 aromatic carbocycles. The van der Waals surface area contributed by atoms with E-state index in [1.54, 1.807) is 4.68 Å². The molecule has 0 saturated carbocycles. The summed E-state index contributed by atoms with van der Waals surface area (Å²) in [5.74, 6) is 0.198. The number of aliphatic hydroxyl groups excluding tert-OH is 2. The van der Waals surface area contributed by atoms with Crippen molar-refractivity contribution in [2.24, 2.45) is 22.4 Å². The quantitative estimate of drug-likeness (QED) is 0.210. The van der Waals surface area contributed by atoms with Gasteiger partial charge in [-0.15, -0.1) is 0 Å². The Bertz CT molecular complexity index is 346. The molecule has 0 saturated heterocycles. The van der Waals surface area contributed by atoms with Crippen LogP contribution in [0.25, 0.3) is 0 Å². The van der Waals surface area contributed by atoms with Crippen molar-refractivity contribution in [1.29, 1.82) is 0 Å². The van der Waals surface area contributed by atoms with Crippen molar-refractivity contribution in [3.63, 3.8) is 0 Å². The van der Waals surface area contributed by atoms with Gasteiger partial charge in [0.2, 0.25) is 0 Å². The summed E-state index contributed by atoms with van der Waals surface area (Å²) in [4.78, 5) is 7.74. The van der Waals surface area contributed by atoms with Crippen molar-refractivity contribution in [2.75, 3.05) is 13.2 Å². The van der Waals surface area contributed by atoms with Gasteiger partial charge in [-0.25, -0.2) is 5.10 Å². The van der Waals surface area contributed by atoms with Gasteiger partial charge in [0.05, 0.1) is 6.54 Å². The number of hydrogen-bond acceptors (Lipinski definition) is 4. The number of aliphatic hydroxyl groups is 2. The maximum Gasteiger partial charge on any atom is 0.455 e. The van der Waals surface area contributed by atoms with Crippen molar-refractivity contribution in [2.45, 2.75) is 13.0 Å². The standard InChI is InChI=1S/C8H16N6O2/c9-7(10)13-8-11-5-12-14(8)3-6(4-16)1-2-15/h5-6,15-16H,1-4H2,(H4,9,10,11,12,13)/p+1. The summed E-state index contributed by atoms with van der Waals surface area (Å²) in [5, 5.41) is 20.7. The van der Waals surface area contributed by atoms with Gasteiger partial charge < -0.3 is 21.7 Å². The Morgan fingerprint density at radius 3 is 2.88 bits per heavy atom. The average Bonchev–Trinajstić information content (AvgIpc) is 2.64. The highest BCUT2D eigenvalue weighted by molar-refractivity contribution is 5.77. The van der Waals surface area contributed by atoms with Crippen LogP contribution in [0, 0.1) is 5.92 Å². The normalized spacial score (nSPS) is 12.4. The first kappa shape index (κ1) is 12.4. The number of H-pyrrole nitrogens is 1. The predicted molar refractivity (Wildman–Crippen MR) is 56.5 cm³/mol. The molecule has 1 heterocycles. The average molecular weight is 229 g/mol. The molecule has 0 aliphatic carbocycles. The summed E-state index contributed by atoms with van der Waals surface area (Å²) >= 11 is 0. The van der Waals surface area contributed by atoms with Gasteiger partial charge in [-0.1, -0.05) is 4.98 Å². The van der Waals surface area contributed by atoms with E-state index in [-0.39, 0.29) is 25.1 Å². The summed E-state index contributed by atoms with van der Waals surface area (Å²) in [6, 6.07) is 0. The molecule has 1 rings (SSSR count). The number of nitrogens with one attached hydrogen (secondary N) is 1. The molecule has 0 spiro atoms. The van der Waals surface area contributed by atoms with Gasteiger partial charge in [0, 0.05) is 19.1 Å². The van der Waals surface area contributed by atoms with Gasteiger partial charge >= 0.3 is 5.95 Å². The lowest BCUT2D eigenvalue weighted by Gasteiger charge is -2.09. The van der Waals surface area contributed by atoms with E-state index in [4.69, 9.17) is 21.7 Å². The molecule has 7 N–H and O–H groups in total. The van der Waals surface area contributed by atoms with Crippen LogP contribution >= 0.6 is 0 Å². The number of aromatic nitrogens is 3. The van der Waals surface area contributed by atoms with Gasteiger partial charge in [-0.3, -0.25) is 0 Å². The van der Waals surface area contributed by atoms with Crippen LogP contribution in [-0.4, -0.2) is 39.5 Å². The van der Waals surface area contributed by atoms with Crippen LogP contribution in [0.15, 0.2) is 11.3 Å². The Morgan fingerprint density at radius 2 is 2.31 bits per heavy atom. The second-order valence-electron chi connectivity index (χ2n) is 3.40. The minimum absolute atomic E-state index is 0.0200. The minimum atomic E-state index is -0.0800. The van der Waals surface area contributed by atoms with E-state index in [2.05, 4.69) is 15.1 Å². The molecule has 8 nitrogen and oxygen atoms in total. The maximum atomic E-state index is 9.08. The number of rotatable bonds is 6. The summed E-state index contributed by atoms with van der Waals surface area (Å²) in [5.41, 5.74) is 10.5. The van der Waals surface area contributed by atoms with E-state index in [1.165, 1.54) is 6.33 Å². The summed E-state index contributed by atoms with van der Waals surface area (Å²) in [7, 11) is 0. The summed E-state index contributed by atoms with van der Waals surface area (Å²) < 4.78 is 1.61. The van der Waals surface area contributed by atoms with E-state index in [1.807, 2.05) is 0 Å². The van der Waals surface area contributed by atoms with Crippen molar-refractivity contribution < 1.29 is 14.9 Å². The van der Waals surface area contributed by atoms with Crippen LogP contribution in [0.3, 0.4) is 0 Å². The number of aliphatic imine (C=N–C) groups is 1. The first-order valence-corrected chi connectivity index (χ1v) is 4.92. The molecular weight excluding hydrogens is 212 g/mol. The number of aromatic amines is 1. The molecule has 0 aliphatic heterocycles. The Balaban J connectivity index is 2.72. The molecule has 90 valence electrons. The molecule has 1 unspecified atom stereocenters. The van der Waals surface area contributed by atoms with Crippen LogP contribution < -0.4 is 16.1 Å². The fraction of sp³-hybridized carbons (Fsp3) is 0.625. The van der Waals surface area contributed by atoms with Gasteiger partial charge in [0.1, 0.15) is 0 Å². The van der Waals surface area contributed by atoms with Crippen LogP contribution in [0.2, 0.25) is 0 Å². The predicted octanol–water partition coefficient (Wildman–Crippen LogP) is -2.41. The molecule has 0 bridgehead atoms. The second kappa shape index (κ2) is 6.03. The van der Waals surface area contributed by atoms with Crippen LogP contribution in [-0.2, 0) is 6.54 Å². The fourth-order valence-electron chi connectivity index (χ4n) is 1.30. The largest absolute Gasteiger partial charge is 0.455 e. The minimum Gasteiger partial charge on any atom is -0.396 e. The second-order valence-corrected chi connectivity index (χ2v) is 3.40. The van der Waals surface area contributed by atoms with Crippen molar-refractivity contribution >= 4 is 11.9 Å². The van der Waals surface area contributed by atoms with E-state index >= 15 is 0 Å². The third kappa shape index (κ3) is 3.48. The smallest absolute Gasteiger partial charge is 0.396 e. The molecule has 0 fully saturated rings. The zero-order chi connectivity index (χ0) is 12.0. The van der Waals surface area contributed by atoms with Crippen LogP contribution in [0.4, 0.5) is 5.95 Å². The fourth-order valence-corrected chi connectivity index (χ4v) is 1.30. The van der Waals surface area contributed by atoms with E-state index < -0.39 is 0 Å². The molecule has 1 aromatic heterocycles. The Labute approximate surface area is 92.6 Å². The van der Waals surface area contributed by atoms with Crippen LogP contribution in [0.1, 0.15) is 6.42 Å². The zero-order valence-electron chi connectivity index (χ0n) is 8.87. The third-order valence-electron chi connectivity index (χ3n) is 2.10. The highest BCUT2D eigenvalue weighted by atomic mass is 16.3. The number of guanidine groups is 1. The highest BCUT2D eigenvalue weighted by Gasteiger charge is 2.17. The molecule has 1 atom stereocenters. The Morgan fingerprint density at radius 1 is 1.56 bits per heavy atom. The van der Waals surface area contributed by atoms with E-state index in [0.717, 1.165) is 0 Å². The molecule has 16 heavy (non-hydrogen) atoms. The monoisotopic (exact) mass is 229 g/mol. The number of nitrogens with two attached hydrogens (primary N) is 2. The third-order valence-corrected chi connectivity index (χ3v) is 2.10. The Kier molecular flexibility index (Phi) is 4.67. The first-order chi connectivity index (χ1) is 7.67. The number of nitrogens with zero attached hydrogens (tertiary/aromatic N) is 3. The molecule has 0 radical (unpaired) electrons. The topological polar surface area (TPSA) is 137 Å². The SMILES string of the molecule is NC(N)=Nc1nc[nH][n+]1CC(CO)CCO. The van der Waals surface area contributed by atoms with E-state index in [9.17, 15) is 0 Å². The van der Waals surface area contributed by atoms with E-state index in [0.29, 0.717) is 18.9 Å². The van der Waals surface area contributed by atoms with Gasteiger partial charge in [0.25, 0.3) is 5.96 Å². The lowest BCUT2D eigenvalue weighted by molar-refractivity contribution is -0.745. The number of hydrogen-bond donors (Lipinski definition) is 5. The zero-order valence-corrected chi connectivity index (χ0v) is 8.87. The first-order valence-electron chi connectivity index (χ1n) is 4.92.